The molecule has 1 aliphatic heterocycles. The number of carbonyl (C=O) groups excluding carboxylic acids is 1. The van der Waals surface area contributed by atoms with Gasteiger partial charge in [0.1, 0.15) is 11.4 Å². The second-order valence-corrected chi connectivity index (χ2v) is 11.4. The Morgan fingerprint density at radius 3 is 2.06 bits per heavy atom. The van der Waals surface area contributed by atoms with Gasteiger partial charge in [-0.05, 0) is 80.8 Å². The van der Waals surface area contributed by atoms with Crippen molar-refractivity contribution in [2.45, 2.75) is 97.2 Å². The van der Waals surface area contributed by atoms with Gasteiger partial charge in [-0.25, -0.2) is 9.80 Å². The lowest BCUT2D eigenvalue weighted by Gasteiger charge is -2.37. The number of benzene rings is 2. The Bertz CT molecular complexity index is 939. The third-order valence-corrected chi connectivity index (χ3v) is 6.30. The molecule has 1 aliphatic rings. The molecule has 0 saturated carbocycles. The maximum atomic E-state index is 13.5. The summed E-state index contributed by atoms with van der Waals surface area (Å²) in [6.45, 7) is 14.6. The first-order chi connectivity index (χ1) is 15.9. The van der Waals surface area contributed by atoms with Crippen LogP contribution >= 0.6 is 0 Å². The quantitative estimate of drug-likeness (QED) is 0.454. The van der Waals surface area contributed by atoms with Gasteiger partial charge in [0.05, 0.1) is 24.9 Å². The monoisotopic (exact) mass is 466 g/mol. The lowest BCUT2D eigenvalue weighted by Crippen LogP contribution is -2.50. The van der Waals surface area contributed by atoms with Crippen LogP contribution in [0.2, 0.25) is 0 Å². The van der Waals surface area contributed by atoms with Crippen molar-refractivity contribution in [2.24, 2.45) is 0 Å². The molecule has 186 valence electrons. The summed E-state index contributed by atoms with van der Waals surface area (Å²) in [5, 5.41) is 4.02. The highest BCUT2D eigenvalue weighted by Gasteiger charge is 2.43. The van der Waals surface area contributed by atoms with Crippen LogP contribution in [0.3, 0.4) is 0 Å². The minimum Gasteiger partial charge on any atom is -0.497 e. The maximum absolute atomic E-state index is 13.5. The Morgan fingerprint density at radius 1 is 0.941 bits per heavy atom. The van der Waals surface area contributed by atoms with Gasteiger partial charge in [0.25, 0.3) is 0 Å². The first kappa shape index (κ1) is 25.9. The average molecular weight is 467 g/mol. The van der Waals surface area contributed by atoms with Gasteiger partial charge in [-0.15, -0.1) is 0 Å². The first-order valence-electron chi connectivity index (χ1n) is 12.5. The summed E-state index contributed by atoms with van der Waals surface area (Å²) in [6, 6.07) is 17.0. The van der Waals surface area contributed by atoms with Gasteiger partial charge in [-0.3, -0.25) is 5.01 Å². The predicted molar refractivity (Wildman–Crippen MR) is 139 cm³/mol. The van der Waals surface area contributed by atoms with Crippen molar-refractivity contribution in [1.82, 2.24) is 5.01 Å². The van der Waals surface area contributed by atoms with Gasteiger partial charge in [-0.1, -0.05) is 58.4 Å². The Balaban J connectivity index is 1.96. The highest BCUT2D eigenvalue weighted by atomic mass is 16.6. The van der Waals surface area contributed by atoms with E-state index in [9.17, 15) is 4.79 Å². The number of hydrogen-bond acceptors (Lipinski definition) is 4. The predicted octanol–water partition coefficient (Wildman–Crippen LogP) is 7.13. The second-order valence-electron chi connectivity index (χ2n) is 11.4. The molecule has 0 bridgehead atoms. The first-order valence-corrected chi connectivity index (χ1v) is 12.5. The van der Waals surface area contributed by atoms with Crippen molar-refractivity contribution in [3.8, 4) is 5.75 Å². The normalized spacial score (nSPS) is 18.8. The summed E-state index contributed by atoms with van der Waals surface area (Å²) < 4.78 is 11.3. The molecule has 0 unspecified atom stereocenters. The van der Waals surface area contributed by atoms with Crippen molar-refractivity contribution in [1.29, 1.82) is 0 Å². The van der Waals surface area contributed by atoms with Crippen molar-refractivity contribution in [3.63, 3.8) is 0 Å². The van der Waals surface area contributed by atoms with Gasteiger partial charge >= 0.3 is 6.09 Å². The molecule has 3 rings (SSSR count). The van der Waals surface area contributed by atoms with E-state index < -0.39 is 5.60 Å². The molecule has 1 amide bonds. The number of rotatable bonds is 6. The van der Waals surface area contributed by atoms with Gasteiger partial charge in [0, 0.05) is 0 Å². The fourth-order valence-electron chi connectivity index (χ4n) is 4.64. The zero-order valence-electron chi connectivity index (χ0n) is 22.2. The molecule has 2 aromatic carbocycles. The lowest BCUT2D eigenvalue weighted by molar-refractivity contribution is 0.0195. The Morgan fingerprint density at radius 2 is 1.56 bits per heavy atom. The SMILES string of the molecule is CCC[C@@H]1C[C@@H](Cc2ccc(C(C)(C)C)cc2)N(C(=O)OC(C)(C)C)N1c1ccc(OC)cc1. The third kappa shape index (κ3) is 6.25. The summed E-state index contributed by atoms with van der Waals surface area (Å²) in [4.78, 5) is 13.5. The zero-order chi connectivity index (χ0) is 25.1. The second kappa shape index (κ2) is 10.3. The number of ether oxygens (including phenoxy) is 2. The van der Waals surface area contributed by atoms with E-state index in [4.69, 9.17) is 9.47 Å². The summed E-state index contributed by atoms with van der Waals surface area (Å²) in [7, 11) is 1.67. The van der Waals surface area contributed by atoms with E-state index in [2.05, 4.69) is 57.0 Å². The van der Waals surface area contributed by atoms with E-state index in [0.717, 1.165) is 37.1 Å². The van der Waals surface area contributed by atoms with Crippen LogP contribution < -0.4 is 9.75 Å². The molecule has 1 fully saturated rings. The van der Waals surface area contributed by atoms with Crippen molar-refractivity contribution < 1.29 is 14.3 Å². The molecule has 0 aliphatic carbocycles. The van der Waals surface area contributed by atoms with Crippen LogP contribution in [0, 0.1) is 0 Å². The van der Waals surface area contributed by atoms with Crippen LogP contribution in [0.5, 0.6) is 5.75 Å². The topological polar surface area (TPSA) is 42.0 Å². The highest BCUT2D eigenvalue weighted by Crippen LogP contribution is 2.36. The maximum Gasteiger partial charge on any atom is 0.429 e. The molecule has 0 radical (unpaired) electrons. The molecule has 0 N–H and O–H groups in total. The number of anilines is 1. The number of methoxy groups -OCH3 is 1. The van der Waals surface area contributed by atoms with Crippen molar-refractivity contribution in [3.05, 3.63) is 59.7 Å². The Labute approximate surface area is 206 Å². The summed E-state index contributed by atoms with van der Waals surface area (Å²) in [5.74, 6) is 0.800. The summed E-state index contributed by atoms with van der Waals surface area (Å²) in [5.41, 5.74) is 3.08. The van der Waals surface area contributed by atoms with Crippen LogP contribution in [0.25, 0.3) is 0 Å². The zero-order valence-corrected chi connectivity index (χ0v) is 22.2. The fourth-order valence-corrected chi connectivity index (χ4v) is 4.64. The van der Waals surface area contributed by atoms with E-state index >= 15 is 0 Å². The van der Waals surface area contributed by atoms with Gasteiger partial charge < -0.3 is 9.47 Å². The van der Waals surface area contributed by atoms with Gasteiger partial charge in [0.2, 0.25) is 0 Å². The number of amides is 1. The lowest BCUT2D eigenvalue weighted by atomic mass is 9.86. The molecular formula is C29H42N2O3. The van der Waals surface area contributed by atoms with Crippen LogP contribution in [0.1, 0.15) is 78.9 Å². The third-order valence-electron chi connectivity index (χ3n) is 6.30. The standard InChI is InChI=1S/C29H42N2O3/c1-9-10-24-20-25(19-21-11-13-22(14-12-21)28(2,3)4)31(27(32)34-29(5,6)7)30(24)23-15-17-26(33-8)18-16-23/h11-18,24-25H,9-10,19-20H2,1-8H3/t24-,25-/m1/s1. The van der Waals surface area contributed by atoms with Crippen LogP contribution in [-0.4, -0.2) is 35.9 Å². The molecule has 1 saturated heterocycles. The van der Waals surface area contributed by atoms with Gasteiger partial charge in [0.15, 0.2) is 0 Å². The highest BCUT2D eigenvalue weighted by molar-refractivity contribution is 5.73. The van der Waals surface area contributed by atoms with Crippen LogP contribution in [0.15, 0.2) is 48.5 Å². The molecule has 0 aromatic heterocycles. The van der Waals surface area contributed by atoms with Crippen LogP contribution in [-0.2, 0) is 16.6 Å². The Kier molecular flexibility index (Phi) is 7.84. The molecule has 2 atom stereocenters. The van der Waals surface area contributed by atoms with E-state index in [1.807, 2.05) is 50.0 Å². The van der Waals surface area contributed by atoms with Crippen molar-refractivity contribution >= 4 is 11.8 Å². The minimum absolute atomic E-state index is 0.0222. The largest absolute Gasteiger partial charge is 0.497 e. The molecule has 1 heterocycles. The number of hydrogen-bond donors (Lipinski definition) is 0. The number of nitrogens with zero attached hydrogens (tertiary/aromatic N) is 2. The smallest absolute Gasteiger partial charge is 0.429 e. The number of hydrazine groups is 1. The average Bonchev–Trinajstić information content (AvgIpc) is 3.10. The van der Waals surface area contributed by atoms with Crippen LogP contribution in [0.4, 0.5) is 10.5 Å². The van der Waals surface area contributed by atoms with Gasteiger partial charge in [-0.2, -0.15) is 0 Å². The summed E-state index contributed by atoms with van der Waals surface area (Å²) >= 11 is 0. The fraction of sp³-hybridized carbons (Fsp3) is 0.552. The van der Waals surface area contributed by atoms with E-state index in [1.165, 1.54) is 11.1 Å². The molecule has 2 aromatic rings. The van der Waals surface area contributed by atoms with E-state index in [-0.39, 0.29) is 23.6 Å². The minimum atomic E-state index is -0.565. The van der Waals surface area contributed by atoms with Crippen molar-refractivity contribution in [2.75, 3.05) is 12.1 Å². The van der Waals surface area contributed by atoms with E-state index in [1.54, 1.807) is 7.11 Å². The van der Waals surface area contributed by atoms with E-state index in [0.29, 0.717) is 0 Å². The molecule has 34 heavy (non-hydrogen) atoms. The molecule has 0 spiro atoms. The number of carbonyl (C=O) groups is 1. The molecule has 5 nitrogen and oxygen atoms in total. The summed E-state index contributed by atoms with van der Waals surface area (Å²) in [6.07, 6.45) is 3.45. The molecular weight excluding hydrogens is 424 g/mol. The molecule has 5 heteroatoms. The Hall–Kier alpha value is -2.69.